The smallest absolute Gasteiger partial charge is 0.408 e. The number of aliphatic hydroxyl groups is 2. The van der Waals surface area contributed by atoms with Crippen LogP contribution in [0.25, 0.3) is 0 Å². The molecule has 0 aliphatic heterocycles. The van der Waals surface area contributed by atoms with Gasteiger partial charge in [0.25, 0.3) is 0 Å². The highest BCUT2D eigenvalue weighted by atomic mass is 16.6. The minimum atomic E-state index is -1.37. The molecule has 0 radical (unpaired) electrons. The molecule has 0 aliphatic carbocycles. The van der Waals surface area contributed by atoms with Crippen molar-refractivity contribution >= 4 is 18.1 Å². The van der Waals surface area contributed by atoms with Crippen LogP contribution in [-0.2, 0) is 16.1 Å². The van der Waals surface area contributed by atoms with Crippen molar-refractivity contribution in [3.63, 3.8) is 0 Å². The van der Waals surface area contributed by atoms with Crippen molar-refractivity contribution in [3.05, 3.63) is 35.9 Å². The quantitative estimate of drug-likeness (QED) is 0.398. The standard InChI is InChI=1S/C19H29N3O7/c1-19(2,3)29-17(26)21-10-14(24)9-20-16(25)15(12-23)22(18(27)28)11-13-7-5-4-6-8-13/h4-8,14-15,23-24H,9-12H2,1-3H3,(H,20,25)(H,21,26)(H,27,28)/t14?,15-/m0/s1. The maximum atomic E-state index is 12.3. The predicted octanol–water partition coefficient (Wildman–Crippen LogP) is 0.529. The summed E-state index contributed by atoms with van der Waals surface area (Å²) in [5, 5.41) is 33.6. The van der Waals surface area contributed by atoms with E-state index in [-0.39, 0.29) is 19.6 Å². The molecule has 10 nitrogen and oxygen atoms in total. The number of amides is 3. The van der Waals surface area contributed by atoms with Crippen LogP contribution < -0.4 is 10.6 Å². The summed E-state index contributed by atoms with van der Waals surface area (Å²) < 4.78 is 5.03. The fourth-order valence-electron chi connectivity index (χ4n) is 2.34. The van der Waals surface area contributed by atoms with Crippen LogP contribution >= 0.6 is 0 Å². The molecule has 0 saturated carbocycles. The Morgan fingerprint density at radius 2 is 1.69 bits per heavy atom. The summed E-state index contributed by atoms with van der Waals surface area (Å²) in [7, 11) is 0. The first-order chi connectivity index (χ1) is 13.5. The number of hydrogen-bond acceptors (Lipinski definition) is 6. The SMILES string of the molecule is CC(C)(C)OC(=O)NCC(O)CNC(=O)[C@H](CO)N(Cc1ccccc1)C(=O)O. The van der Waals surface area contributed by atoms with Gasteiger partial charge in [-0.15, -0.1) is 0 Å². The number of hydrogen-bond donors (Lipinski definition) is 5. The van der Waals surface area contributed by atoms with E-state index in [4.69, 9.17) is 4.74 Å². The van der Waals surface area contributed by atoms with E-state index >= 15 is 0 Å². The van der Waals surface area contributed by atoms with Crippen LogP contribution in [0, 0.1) is 0 Å². The van der Waals surface area contributed by atoms with Gasteiger partial charge in [-0.3, -0.25) is 9.69 Å². The van der Waals surface area contributed by atoms with Gasteiger partial charge < -0.3 is 30.7 Å². The van der Waals surface area contributed by atoms with E-state index in [1.54, 1.807) is 51.1 Å². The van der Waals surface area contributed by atoms with Crippen molar-refractivity contribution < 1.29 is 34.4 Å². The van der Waals surface area contributed by atoms with E-state index in [1.807, 2.05) is 0 Å². The first-order valence-corrected chi connectivity index (χ1v) is 9.10. The third-order valence-electron chi connectivity index (χ3n) is 3.69. The van der Waals surface area contributed by atoms with Gasteiger partial charge in [-0.2, -0.15) is 0 Å². The van der Waals surface area contributed by atoms with Crippen molar-refractivity contribution in [2.24, 2.45) is 0 Å². The summed E-state index contributed by atoms with van der Waals surface area (Å²) in [6.45, 7) is 3.86. The number of carboxylic acid groups (broad SMARTS) is 1. The van der Waals surface area contributed by atoms with E-state index in [1.165, 1.54) is 0 Å². The minimum absolute atomic E-state index is 0.0857. The zero-order valence-electron chi connectivity index (χ0n) is 16.8. The normalized spacial score (nSPS) is 13.1. The van der Waals surface area contributed by atoms with Gasteiger partial charge in [0.15, 0.2) is 0 Å². The number of carbonyl (C=O) groups is 3. The van der Waals surface area contributed by atoms with Gasteiger partial charge in [0.1, 0.15) is 11.6 Å². The zero-order valence-corrected chi connectivity index (χ0v) is 16.8. The average Bonchev–Trinajstić information content (AvgIpc) is 2.63. The molecule has 162 valence electrons. The maximum absolute atomic E-state index is 12.3. The van der Waals surface area contributed by atoms with Crippen LogP contribution in [0.1, 0.15) is 26.3 Å². The van der Waals surface area contributed by atoms with Crippen molar-refractivity contribution in [2.75, 3.05) is 19.7 Å². The van der Waals surface area contributed by atoms with E-state index in [0.29, 0.717) is 5.56 Å². The Hall–Kier alpha value is -2.85. The molecule has 3 amide bonds. The largest absolute Gasteiger partial charge is 0.465 e. The van der Waals surface area contributed by atoms with Crippen LogP contribution in [0.3, 0.4) is 0 Å². The number of benzene rings is 1. The molecule has 0 aliphatic rings. The Bertz CT molecular complexity index is 676. The molecule has 2 atom stereocenters. The van der Waals surface area contributed by atoms with E-state index in [2.05, 4.69) is 10.6 Å². The number of carbonyl (C=O) groups excluding carboxylic acids is 2. The van der Waals surface area contributed by atoms with Gasteiger partial charge in [0.2, 0.25) is 5.91 Å². The lowest BCUT2D eigenvalue weighted by molar-refractivity contribution is -0.127. The molecule has 0 aromatic heterocycles. The molecule has 29 heavy (non-hydrogen) atoms. The Labute approximate surface area is 169 Å². The van der Waals surface area contributed by atoms with Gasteiger partial charge >= 0.3 is 12.2 Å². The zero-order chi connectivity index (χ0) is 22.0. The van der Waals surface area contributed by atoms with Crippen LogP contribution in [0.2, 0.25) is 0 Å². The summed E-state index contributed by atoms with van der Waals surface area (Å²) in [6, 6.07) is 7.30. The van der Waals surface area contributed by atoms with Crippen LogP contribution in [0.15, 0.2) is 30.3 Å². The molecular weight excluding hydrogens is 382 g/mol. The van der Waals surface area contributed by atoms with Crippen molar-refractivity contribution in [2.45, 2.75) is 45.1 Å². The first-order valence-electron chi connectivity index (χ1n) is 9.10. The summed E-state index contributed by atoms with van der Waals surface area (Å²) in [5.41, 5.74) is -0.0286. The fourth-order valence-corrected chi connectivity index (χ4v) is 2.34. The van der Waals surface area contributed by atoms with Gasteiger partial charge in [0.05, 0.1) is 12.7 Å². The first kappa shape index (κ1) is 24.2. The van der Waals surface area contributed by atoms with Crippen LogP contribution in [0.4, 0.5) is 9.59 Å². The molecule has 0 saturated heterocycles. The number of nitrogens with one attached hydrogen (secondary N) is 2. The molecule has 0 bridgehead atoms. The lowest BCUT2D eigenvalue weighted by atomic mass is 10.1. The molecule has 10 heteroatoms. The van der Waals surface area contributed by atoms with Gasteiger partial charge in [0, 0.05) is 19.6 Å². The number of rotatable bonds is 9. The molecule has 5 N–H and O–H groups in total. The third-order valence-corrected chi connectivity index (χ3v) is 3.69. The highest BCUT2D eigenvalue weighted by Gasteiger charge is 2.29. The van der Waals surface area contributed by atoms with Crippen molar-refractivity contribution in [1.82, 2.24) is 15.5 Å². The number of aliphatic hydroxyl groups excluding tert-OH is 2. The topological polar surface area (TPSA) is 148 Å². The Morgan fingerprint density at radius 3 is 2.21 bits per heavy atom. The second kappa shape index (κ2) is 11.2. The van der Waals surface area contributed by atoms with E-state index < -0.39 is 42.4 Å². The lowest BCUT2D eigenvalue weighted by Gasteiger charge is -2.27. The predicted molar refractivity (Wildman–Crippen MR) is 104 cm³/mol. The molecule has 1 unspecified atom stereocenters. The van der Waals surface area contributed by atoms with Crippen LogP contribution in [0.5, 0.6) is 0 Å². The van der Waals surface area contributed by atoms with Gasteiger partial charge in [-0.05, 0) is 26.3 Å². The summed E-state index contributed by atoms with van der Waals surface area (Å²) in [5.74, 6) is -0.762. The molecule has 0 fully saturated rings. The second-order valence-corrected chi connectivity index (χ2v) is 7.38. The number of ether oxygens (including phenoxy) is 1. The summed E-state index contributed by atoms with van der Waals surface area (Å²) >= 11 is 0. The lowest BCUT2D eigenvalue weighted by Crippen LogP contribution is -2.52. The minimum Gasteiger partial charge on any atom is -0.465 e. The Balaban J connectivity index is 2.58. The van der Waals surface area contributed by atoms with E-state index in [9.17, 15) is 29.7 Å². The maximum Gasteiger partial charge on any atom is 0.408 e. The summed E-state index contributed by atoms with van der Waals surface area (Å²) in [6.07, 6.45) is -3.20. The van der Waals surface area contributed by atoms with E-state index in [0.717, 1.165) is 4.90 Å². The van der Waals surface area contributed by atoms with Crippen LogP contribution in [-0.4, -0.2) is 75.8 Å². The molecule has 0 spiro atoms. The van der Waals surface area contributed by atoms with Crippen molar-refractivity contribution in [1.29, 1.82) is 0 Å². The Kier molecular flexibility index (Phi) is 9.36. The highest BCUT2D eigenvalue weighted by molar-refractivity contribution is 5.85. The Morgan fingerprint density at radius 1 is 1.10 bits per heavy atom. The molecular formula is C19H29N3O7. The van der Waals surface area contributed by atoms with Gasteiger partial charge in [-0.25, -0.2) is 9.59 Å². The molecule has 1 aromatic rings. The number of alkyl carbamates (subject to hydrolysis) is 1. The monoisotopic (exact) mass is 411 g/mol. The highest BCUT2D eigenvalue weighted by Crippen LogP contribution is 2.09. The molecule has 1 aromatic carbocycles. The summed E-state index contributed by atoms with van der Waals surface area (Å²) in [4.78, 5) is 36.3. The average molecular weight is 411 g/mol. The molecule has 0 heterocycles. The van der Waals surface area contributed by atoms with Gasteiger partial charge in [-0.1, -0.05) is 30.3 Å². The number of nitrogens with zero attached hydrogens (tertiary/aromatic N) is 1. The molecule has 1 rings (SSSR count). The fraction of sp³-hybridized carbons (Fsp3) is 0.526. The second-order valence-electron chi connectivity index (χ2n) is 7.38. The van der Waals surface area contributed by atoms with Crippen molar-refractivity contribution in [3.8, 4) is 0 Å². The third kappa shape index (κ3) is 9.26.